The normalized spacial score (nSPS) is 11.8. The average molecular weight is 504 g/mol. The van der Waals surface area contributed by atoms with Gasteiger partial charge in [0.25, 0.3) is 5.91 Å². The minimum Gasteiger partial charge on any atom is -0.493 e. The van der Waals surface area contributed by atoms with E-state index in [0.717, 1.165) is 0 Å². The van der Waals surface area contributed by atoms with Gasteiger partial charge >= 0.3 is 17.9 Å². The molecule has 1 atom stereocenters. The van der Waals surface area contributed by atoms with Gasteiger partial charge in [-0.15, -0.1) is 0 Å². The third kappa shape index (κ3) is 8.14. The molecule has 0 saturated carbocycles. The van der Waals surface area contributed by atoms with Crippen LogP contribution in [0, 0.1) is 0 Å². The number of furan rings is 1. The van der Waals surface area contributed by atoms with Crippen LogP contribution >= 0.6 is 0 Å². The number of carbonyl (C=O) groups is 4. The lowest BCUT2D eigenvalue weighted by Gasteiger charge is -2.18. The second-order valence-electron chi connectivity index (χ2n) is 8.60. The van der Waals surface area contributed by atoms with Crippen LogP contribution in [0.15, 0.2) is 34.7 Å². The molecule has 1 aromatic carbocycles. The molecule has 0 aliphatic rings. The number of hydrogen-bond donors (Lipinski definition) is 1. The first-order chi connectivity index (χ1) is 17.0. The Bertz CT molecular complexity index is 1080. The molecule has 1 heterocycles. The molecule has 2 aromatic rings. The Balaban J connectivity index is 2.29. The number of carbonyl (C=O) groups excluding carboxylic acids is 4. The highest BCUT2D eigenvalue weighted by molar-refractivity contribution is 6.00. The second kappa shape index (κ2) is 12.8. The van der Waals surface area contributed by atoms with E-state index in [9.17, 15) is 19.2 Å². The van der Waals surface area contributed by atoms with Crippen LogP contribution in [0.2, 0.25) is 0 Å². The van der Waals surface area contributed by atoms with Gasteiger partial charge in [-0.05, 0) is 65.8 Å². The molecule has 0 spiro atoms. The number of rotatable bonds is 11. The minimum absolute atomic E-state index is 0.0379. The third-order valence-electron chi connectivity index (χ3n) is 4.57. The largest absolute Gasteiger partial charge is 0.493 e. The van der Waals surface area contributed by atoms with Crippen molar-refractivity contribution in [2.45, 2.75) is 59.6 Å². The lowest BCUT2D eigenvalue weighted by Crippen LogP contribution is -2.43. The van der Waals surface area contributed by atoms with E-state index in [1.807, 2.05) is 0 Å². The van der Waals surface area contributed by atoms with Crippen molar-refractivity contribution in [2.24, 2.45) is 0 Å². The smallest absolute Gasteiger partial charge is 0.374 e. The van der Waals surface area contributed by atoms with Gasteiger partial charge in [-0.3, -0.25) is 9.59 Å². The van der Waals surface area contributed by atoms with E-state index in [1.165, 1.54) is 12.1 Å². The van der Waals surface area contributed by atoms with Gasteiger partial charge in [0.05, 0.1) is 31.8 Å². The summed E-state index contributed by atoms with van der Waals surface area (Å²) >= 11 is 0. The zero-order valence-corrected chi connectivity index (χ0v) is 21.5. The van der Waals surface area contributed by atoms with Crippen LogP contribution in [0.5, 0.6) is 5.75 Å². The van der Waals surface area contributed by atoms with Gasteiger partial charge in [-0.1, -0.05) is 6.07 Å². The predicted octanol–water partition coefficient (Wildman–Crippen LogP) is 3.92. The Morgan fingerprint density at radius 2 is 1.64 bits per heavy atom. The summed E-state index contributed by atoms with van der Waals surface area (Å²) in [4.78, 5) is 49.6. The summed E-state index contributed by atoms with van der Waals surface area (Å²) in [5, 5.41) is 2.53. The van der Waals surface area contributed by atoms with Crippen molar-refractivity contribution in [1.82, 2.24) is 5.32 Å². The lowest BCUT2D eigenvalue weighted by molar-refractivity contribution is -0.152. The fourth-order valence-electron chi connectivity index (χ4n) is 3.13. The van der Waals surface area contributed by atoms with Gasteiger partial charge in [-0.25, -0.2) is 9.59 Å². The van der Waals surface area contributed by atoms with Gasteiger partial charge in [0.1, 0.15) is 23.2 Å². The van der Waals surface area contributed by atoms with Gasteiger partial charge < -0.3 is 28.7 Å². The van der Waals surface area contributed by atoms with Crippen molar-refractivity contribution in [3.8, 4) is 17.1 Å². The molecule has 0 aliphatic carbocycles. The van der Waals surface area contributed by atoms with Crippen LogP contribution < -0.4 is 10.1 Å². The van der Waals surface area contributed by atoms with Crippen LogP contribution in [-0.4, -0.2) is 55.3 Å². The van der Waals surface area contributed by atoms with Gasteiger partial charge in [0, 0.05) is 5.56 Å². The van der Waals surface area contributed by atoms with Gasteiger partial charge in [-0.2, -0.15) is 0 Å². The molecule has 10 nitrogen and oxygen atoms in total. The molecular weight excluding hydrogens is 470 g/mol. The van der Waals surface area contributed by atoms with E-state index in [1.54, 1.807) is 59.7 Å². The molecule has 1 amide bonds. The molecule has 10 heteroatoms. The number of amides is 1. The maximum Gasteiger partial charge on any atom is 0.374 e. The number of esters is 3. The summed E-state index contributed by atoms with van der Waals surface area (Å²) in [6, 6.07) is 6.58. The molecule has 0 aliphatic heterocycles. The lowest BCUT2D eigenvalue weighted by atomic mass is 10.1. The van der Waals surface area contributed by atoms with Crippen molar-refractivity contribution < 1.29 is 42.5 Å². The second-order valence-corrected chi connectivity index (χ2v) is 8.60. The summed E-state index contributed by atoms with van der Waals surface area (Å²) in [5.41, 5.74) is 0.0199. The van der Waals surface area contributed by atoms with E-state index in [4.69, 9.17) is 23.4 Å². The topological polar surface area (TPSA) is 130 Å². The molecule has 0 fully saturated rings. The number of benzene rings is 1. The van der Waals surface area contributed by atoms with Gasteiger partial charge in [0.2, 0.25) is 5.76 Å². The SMILES string of the molecule is CCOC(=O)C[C@H](NC(=O)c1ccc(-c2ccc(C(=O)OC(C)(C)C)o2)cc1OCC)C(=O)OCC. The van der Waals surface area contributed by atoms with E-state index in [2.05, 4.69) is 5.32 Å². The summed E-state index contributed by atoms with van der Waals surface area (Å²) in [5.74, 6) is -2.00. The summed E-state index contributed by atoms with van der Waals surface area (Å²) in [6.45, 7) is 10.8. The first-order valence-corrected chi connectivity index (χ1v) is 11.7. The molecule has 1 aromatic heterocycles. The Kier molecular flexibility index (Phi) is 10.1. The van der Waals surface area contributed by atoms with Crippen molar-refractivity contribution in [1.29, 1.82) is 0 Å². The number of nitrogens with one attached hydrogen (secondary N) is 1. The fraction of sp³-hybridized carbons (Fsp3) is 0.462. The zero-order valence-electron chi connectivity index (χ0n) is 21.5. The quantitative estimate of drug-likeness (QED) is 0.358. The fourth-order valence-corrected chi connectivity index (χ4v) is 3.13. The number of hydrogen-bond acceptors (Lipinski definition) is 9. The number of ether oxygens (including phenoxy) is 4. The predicted molar refractivity (Wildman–Crippen MR) is 130 cm³/mol. The van der Waals surface area contributed by atoms with Crippen molar-refractivity contribution in [3.05, 3.63) is 41.7 Å². The Labute approximate surface area is 210 Å². The highest BCUT2D eigenvalue weighted by Gasteiger charge is 2.28. The Morgan fingerprint density at radius 3 is 2.25 bits per heavy atom. The molecular formula is C26H33NO9. The van der Waals surface area contributed by atoms with E-state index < -0.39 is 35.5 Å². The third-order valence-corrected chi connectivity index (χ3v) is 4.57. The average Bonchev–Trinajstić information content (AvgIpc) is 3.28. The molecule has 0 saturated heterocycles. The molecule has 0 unspecified atom stereocenters. The summed E-state index contributed by atoms with van der Waals surface area (Å²) in [7, 11) is 0. The van der Waals surface area contributed by atoms with Crippen LogP contribution in [0.3, 0.4) is 0 Å². The standard InChI is InChI=1S/C26H33NO9/c1-7-32-21-14-16(19-12-13-20(35-19)25(31)36-26(4,5)6)10-11-17(21)23(29)27-18(24(30)34-9-3)15-22(28)33-8-2/h10-14,18H,7-9,15H2,1-6H3,(H,27,29)/t18-/m0/s1. The van der Waals surface area contributed by atoms with Crippen LogP contribution in [0.25, 0.3) is 11.3 Å². The van der Waals surface area contributed by atoms with Crippen LogP contribution in [0.1, 0.15) is 68.9 Å². The Morgan fingerprint density at radius 1 is 0.944 bits per heavy atom. The zero-order chi connectivity index (χ0) is 26.9. The van der Waals surface area contributed by atoms with Crippen LogP contribution in [-0.2, 0) is 23.8 Å². The molecule has 1 N–H and O–H groups in total. The van der Waals surface area contributed by atoms with Crippen LogP contribution in [0.4, 0.5) is 0 Å². The highest BCUT2D eigenvalue weighted by atomic mass is 16.6. The minimum atomic E-state index is -1.23. The molecule has 0 radical (unpaired) electrons. The maximum atomic E-state index is 13.0. The monoisotopic (exact) mass is 503 g/mol. The summed E-state index contributed by atoms with van der Waals surface area (Å²) < 4.78 is 26.5. The molecule has 0 bridgehead atoms. The molecule has 36 heavy (non-hydrogen) atoms. The first kappa shape index (κ1) is 28.4. The van der Waals surface area contributed by atoms with Crippen molar-refractivity contribution in [2.75, 3.05) is 19.8 Å². The van der Waals surface area contributed by atoms with E-state index in [-0.39, 0.29) is 43.3 Å². The van der Waals surface area contributed by atoms with Crippen molar-refractivity contribution in [3.63, 3.8) is 0 Å². The van der Waals surface area contributed by atoms with Gasteiger partial charge in [0.15, 0.2) is 0 Å². The molecule has 196 valence electrons. The Hall–Kier alpha value is -3.82. The van der Waals surface area contributed by atoms with E-state index >= 15 is 0 Å². The maximum absolute atomic E-state index is 13.0. The highest BCUT2D eigenvalue weighted by Crippen LogP contribution is 2.30. The first-order valence-electron chi connectivity index (χ1n) is 11.7. The van der Waals surface area contributed by atoms with E-state index in [0.29, 0.717) is 11.3 Å². The summed E-state index contributed by atoms with van der Waals surface area (Å²) in [6.07, 6.45) is -0.375. The van der Waals surface area contributed by atoms with Crippen molar-refractivity contribution >= 4 is 23.8 Å². The molecule has 2 rings (SSSR count).